The Hall–Kier alpha value is -2.03. The minimum atomic E-state index is -0.536. The van der Waals surface area contributed by atoms with Crippen molar-refractivity contribution in [3.8, 4) is 5.69 Å². The number of nitrogens with two attached hydrogens (primary N) is 1. The van der Waals surface area contributed by atoms with Gasteiger partial charge in [-0.25, -0.2) is 14.1 Å². The standard InChI is InChI=1S/C14H16FN5O2.ClH/c15-11-5-9(1-3-12(11)20-8-17-7-18-20)19-14(21)13-4-2-10(6-16)22-13;/h1,3,5,7-8,10,13H,2,4,6,16H2,(H,19,21);1H/t10-,13+;/m1./s1. The van der Waals surface area contributed by atoms with Gasteiger partial charge in [0.25, 0.3) is 5.91 Å². The van der Waals surface area contributed by atoms with Crippen LogP contribution in [0, 0.1) is 5.82 Å². The van der Waals surface area contributed by atoms with Crippen molar-refractivity contribution >= 4 is 24.0 Å². The Kier molecular flexibility index (Phi) is 5.64. The molecule has 1 fully saturated rings. The van der Waals surface area contributed by atoms with Crippen molar-refractivity contribution < 1.29 is 13.9 Å². The predicted molar refractivity (Wildman–Crippen MR) is 84.1 cm³/mol. The molecule has 1 aliphatic rings. The lowest BCUT2D eigenvalue weighted by molar-refractivity contribution is -0.126. The van der Waals surface area contributed by atoms with E-state index in [1.54, 1.807) is 6.07 Å². The van der Waals surface area contributed by atoms with Crippen LogP contribution in [0.2, 0.25) is 0 Å². The number of benzene rings is 1. The Balaban J connectivity index is 0.00000192. The van der Waals surface area contributed by atoms with Crippen LogP contribution in [0.25, 0.3) is 5.69 Å². The van der Waals surface area contributed by atoms with Crippen LogP contribution < -0.4 is 11.1 Å². The van der Waals surface area contributed by atoms with E-state index in [1.165, 1.54) is 29.5 Å². The Labute approximate surface area is 138 Å². The zero-order valence-corrected chi connectivity index (χ0v) is 13.0. The SMILES string of the molecule is Cl.NC[C@H]1CC[C@@H](C(=O)Nc2ccc(-n3cncn3)c(F)c2)O1. The average Bonchev–Trinajstić information content (AvgIpc) is 3.19. The molecule has 0 spiro atoms. The smallest absolute Gasteiger partial charge is 0.253 e. The third kappa shape index (κ3) is 3.84. The first-order valence-electron chi connectivity index (χ1n) is 6.98. The van der Waals surface area contributed by atoms with Gasteiger partial charge in [0, 0.05) is 12.2 Å². The van der Waals surface area contributed by atoms with Crippen molar-refractivity contribution in [1.29, 1.82) is 0 Å². The first kappa shape index (κ1) is 17.3. The van der Waals surface area contributed by atoms with E-state index < -0.39 is 11.9 Å². The number of ether oxygens (including phenoxy) is 1. The van der Waals surface area contributed by atoms with Gasteiger partial charge in [0.1, 0.15) is 24.4 Å². The predicted octanol–water partition coefficient (Wildman–Crippen LogP) is 1.27. The third-order valence-electron chi connectivity index (χ3n) is 3.54. The molecular formula is C14H17ClFN5O2. The second-order valence-corrected chi connectivity index (χ2v) is 5.06. The van der Waals surface area contributed by atoms with Gasteiger partial charge in [-0.3, -0.25) is 4.79 Å². The quantitative estimate of drug-likeness (QED) is 0.873. The number of anilines is 1. The molecule has 23 heavy (non-hydrogen) atoms. The molecule has 1 saturated heterocycles. The van der Waals surface area contributed by atoms with Gasteiger partial charge in [0.15, 0.2) is 5.82 Å². The van der Waals surface area contributed by atoms with E-state index in [9.17, 15) is 9.18 Å². The van der Waals surface area contributed by atoms with E-state index in [0.717, 1.165) is 6.42 Å². The summed E-state index contributed by atoms with van der Waals surface area (Å²) in [7, 11) is 0. The Morgan fingerprint density at radius 3 is 2.91 bits per heavy atom. The molecule has 2 aromatic rings. The van der Waals surface area contributed by atoms with Crippen LogP contribution in [-0.2, 0) is 9.53 Å². The fourth-order valence-electron chi connectivity index (χ4n) is 2.40. The molecular weight excluding hydrogens is 325 g/mol. The summed E-state index contributed by atoms with van der Waals surface area (Å²) in [5, 5.41) is 6.52. The third-order valence-corrected chi connectivity index (χ3v) is 3.54. The molecule has 0 unspecified atom stereocenters. The monoisotopic (exact) mass is 341 g/mol. The van der Waals surface area contributed by atoms with Crippen LogP contribution in [0.5, 0.6) is 0 Å². The molecule has 9 heteroatoms. The first-order valence-corrected chi connectivity index (χ1v) is 6.98. The number of hydrogen-bond donors (Lipinski definition) is 2. The minimum Gasteiger partial charge on any atom is -0.364 e. The highest BCUT2D eigenvalue weighted by atomic mass is 35.5. The fraction of sp³-hybridized carbons (Fsp3) is 0.357. The van der Waals surface area contributed by atoms with Crippen LogP contribution in [0.15, 0.2) is 30.9 Å². The number of carbonyl (C=O) groups excluding carboxylic acids is 1. The topological polar surface area (TPSA) is 95.1 Å². The average molecular weight is 342 g/mol. The van der Waals surface area contributed by atoms with E-state index in [1.807, 2.05) is 0 Å². The van der Waals surface area contributed by atoms with Gasteiger partial charge in [-0.2, -0.15) is 5.10 Å². The van der Waals surface area contributed by atoms with Gasteiger partial charge in [-0.15, -0.1) is 12.4 Å². The van der Waals surface area contributed by atoms with Crippen molar-refractivity contribution in [1.82, 2.24) is 14.8 Å². The molecule has 0 radical (unpaired) electrons. The van der Waals surface area contributed by atoms with Crippen molar-refractivity contribution in [3.63, 3.8) is 0 Å². The van der Waals surface area contributed by atoms with Crippen LogP contribution in [-0.4, -0.2) is 39.4 Å². The zero-order valence-electron chi connectivity index (χ0n) is 12.2. The largest absolute Gasteiger partial charge is 0.364 e. The number of amides is 1. The van der Waals surface area contributed by atoms with E-state index in [0.29, 0.717) is 18.7 Å². The van der Waals surface area contributed by atoms with E-state index >= 15 is 0 Å². The van der Waals surface area contributed by atoms with E-state index in [4.69, 9.17) is 10.5 Å². The molecule has 0 saturated carbocycles. The van der Waals surface area contributed by atoms with Crippen molar-refractivity contribution in [3.05, 3.63) is 36.7 Å². The van der Waals surface area contributed by atoms with Gasteiger partial charge in [0.2, 0.25) is 0 Å². The number of hydrogen-bond acceptors (Lipinski definition) is 5. The maximum atomic E-state index is 14.1. The molecule has 1 aromatic carbocycles. The molecule has 2 heterocycles. The minimum absolute atomic E-state index is 0. The lowest BCUT2D eigenvalue weighted by Gasteiger charge is -2.13. The maximum Gasteiger partial charge on any atom is 0.253 e. The number of nitrogens with zero attached hydrogens (tertiary/aromatic N) is 3. The van der Waals surface area contributed by atoms with Gasteiger partial charge < -0.3 is 15.8 Å². The van der Waals surface area contributed by atoms with Gasteiger partial charge >= 0.3 is 0 Å². The lowest BCUT2D eigenvalue weighted by atomic mass is 10.2. The Morgan fingerprint density at radius 1 is 1.48 bits per heavy atom. The Morgan fingerprint density at radius 2 is 2.30 bits per heavy atom. The maximum absolute atomic E-state index is 14.1. The second-order valence-electron chi connectivity index (χ2n) is 5.06. The number of halogens is 2. The highest BCUT2D eigenvalue weighted by Crippen LogP contribution is 2.22. The van der Waals surface area contributed by atoms with E-state index in [-0.39, 0.29) is 30.1 Å². The number of nitrogens with one attached hydrogen (secondary N) is 1. The summed E-state index contributed by atoms with van der Waals surface area (Å²) in [6.45, 7) is 0.394. The lowest BCUT2D eigenvalue weighted by Crippen LogP contribution is -2.29. The number of aromatic nitrogens is 3. The van der Waals surface area contributed by atoms with Crippen LogP contribution >= 0.6 is 12.4 Å². The molecule has 1 aliphatic heterocycles. The number of rotatable bonds is 4. The van der Waals surface area contributed by atoms with Crippen molar-refractivity contribution in [2.45, 2.75) is 25.0 Å². The fourth-order valence-corrected chi connectivity index (χ4v) is 2.40. The van der Waals surface area contributed by atoms with Crippen LogP contribution in [0.1, 0.15) is 12.8 Å². The molecule has 2 atom stereocenters. The molecule has 0 aliphatic carbocycles. The molecule has 1 aromatic heterocycles. The highest BCUT2D eigenvalue weighted by molar-refractivity contribution is 5.94. The highest BCUT2D eigenvalue weighted by Gasteiger charge is 2.29. The van der Waals surface area contributed by atoms with Crippen LogP contribution in [0.4, 0.5) is 10.1 Å². The summed E-state index contributed by atoms with van der Waals surface area (Å²) in [5.74, 6) is -0.792. The molecule has 124 valence electrons. The van der Waals surface area contributed by atoms with Gasteiger partial charge in [-0.05, 0) is 31.0 Å². The number of carbonyl (C=O) groups is 1. The van der Waals surface area contributed by atoms with Crippen molar-refractivity contribution in [2.24, 2.45) is 5.73 Å². The summed E-state index contributed by atoms with van der Waals surface area (Å²) in [5.41, 5.74) is 6.14. The zero-order chi connectivity index (χ0) is 15.5. The first-order chi connectivity index (χ1) is 10.7. The van der Waals surface area contributed by atoms with Crippen molar-refractivity contribution in [2.75, 3.05) is 11.9 Å². The molecule has 3 N–H and O–H groups in total. The molecule has 0 bridgehead atoms. The van der Waals surface area contributed by atoms with Gasteiger partial charge in [-0.1, -0.05) is 0 Å². The van der Waals surface area contributed by atoms with E-state index in [2.05, 4.69) is 15.4 Å². The molecule has 1 amide bonds. The summed E-state index contributed by atoms with van der Waals surface area (Å²) in [6, 6.07) is 4.37. The summed E-state index contributed by atoms with van der Waals surface area (Å²) in [6.07, 6.45) is 3.48. The summed E-state index contributed by atoms with van der Waals surface area (Å²) >= 11 is 0. The van der Waals surface area contributed by atoms with Crippen LogP contribution in [0.3, 0.4) is 0 Å². The molecule has 7 nitrogen and oxygen atoms in total. The van der Waals surface area contributed by atoms with Gasteiger partial charge in [0.05, 0.1) is 6.10 Å². The molecule has 3 rings (SSSR count). The summed E-state index contributed by atoms with van der Waals surface area (Å²) < 4.78 is 20.9. The normalized spacial score (nSPS) is 20.1. The Bertz CT molecular complexity index is 667. The summed E-state index contributed by atoms with van der Waals surface area (Å²) in [4.78, 5) is 15.8. The second kappa shape index (κ2) is 7.49.